The van der Waals surface area contributed by atoms with E-state index >= 15 is 0 Å². The first-order chi connectivity index (χ1) is 40.0. The second kappa shape index (κ2) is 23.4. The number of fused-ring (bicyclic) bond motifs is 2. The maximum Gasteiger partial charge on any atom is 0.255 e. The van der Waals surface area contributed by atoms with Gasteiger partial charge in [0.05, 0.1) is 29.4 Å². The Morgan fingerprint density at radius 2 is 1.10 bits per heavy atom. The fourth-order valence-electron chi connectivity index (χ4n) is 11.3. The van der Waals surface area contributed by atoms with Crippen LogP contribution in [-0.4, -0.2) is 81.7 Å². The van der Waals surface area contributed by atoms with E-state index in [1.807, 2.05) is 56.3 Å². The Morgan fingerprint density at radius 3 is 1.55 bits per heavy atom. The molecule has 6 N–H and O–H groups in total. The van der Waals surface area contributed by atoms with Gasteiger partial charge in [-0.1, -0.05) is 18.2 Å². The summed E-state index contributed by atoms with van der Waals surface area (Å²) >= 11 is 0. The highest BCUT2D eigenvalue weighted by molar-refractivity contribution is 6.14. The number of ether oxygens (including phenoxy) is 2. The molecule has 83 heavy (non-hydrogen) atoms. The van der Waals surface area contributed by atoms with Crippen LogP contribution in [0.5, 0.6) is 23.0 Å². The molecule has 0 spiro atoms. The first-order valence-electron chi connectivity index (χ1n) is 27.6. The Hall–Kier alpha value is -9.64. The van der Waals surface area contributed by atoms with Crippen LogP contribution in [-0.2, 0) is 0 Å². The minimum atomic E-state index is -0.749. The van der Waals surface area contributed by atoms with Crippen LogP contribution < -0.4 is 41.0 Å². The number of benzene rings is 7. The number of halogens is 2. The van der Waals surface area contributed by atoms with Gasteiger partial charge in [-0.15, -0.1) is 0 Å². The highest BCUT2D eigenvalue weighted by atomic mass is 19.1. The zero-order valence-electron chi connectivity index (χ0n) is 47.2. The summed E-state index contributed by atoms with van der Waals surface area (Å²) in [7, 11) is 4.69. The molecule has 0 aliphatic heterocycles. The number of nitrogens with two attached hydrogens (primary N) is 1. The molecule has 9 aromatic rings. The van der Waals surface area contributed by atoms with Crippen molar-refractivity contribution in [2.24, 2.45) is 11.7 Å². The molecule has 4 amide bonds. The highest BCUT2D eigenvalue weighted by Crippen LogP contribution is 2.57. The number of carbonyl (C=O) groups excluding carboxylic acids is 4. The van der Waals surface area contributed by atoms with Crippen molar-refractivity contribution >= 4 is 56.9 Å². The predicted octanol–water partition coefficient (Wildman–Crippen LogP) is 13.1. The van der Waals surface area contributed by atoms with E-state index in [9.17, 15) is 33.1 Å². The highest BCUT2D eigenvalue weighted by Gasteiger charge is 2.57. The minimum Gasteiger partial charge on any atom is -0.507 e. The van der Waals surface area contributed by atoms with Gasteiger partial charge in [-0.25, -0.2) is 8.78 Å². The van der Waals surface area contributed by atoms with Gasteiger partial charge in [-0.3, -0.25) is 19.2 Å². The van der Waals surface area contributed by atoms with E-state index in [4.69, 9.17) is 24.0 Å². The van der Waals surface area contributed by atoms with Crippen molar-refractivity contribution in [1.82, 2.24) is 16.0 Å². The molecular formula is C66H64F2N6O9. The van der Waals surface area contributed by atoms with Gasteiger partial charge in [0.2, 0.25) is 0 Å². The zero-order chi connectivity index (χ0) is 58.9. The number of methoxy groups -OCH3 is 1. The number of anilines is 2. The van der Waals surface area contributed by atoms with Crippen LogP contribution in [0.15, 0.2) is 142 Å². The molecular weight excluding hydrogens is 1060 g/mol. The molecule has 15 nitrogen and oxygen atoms in total. The molecule has 3 saturated carbocycles. The lowest BCUT2D eigenvalue weighted by Crippen LogP contribution is -2.68. The van der Waals surface area contributed by atoms with Crippen LogP contribution in [0.25, 0.3) is 66.8 Å². The lowest BCUT2D eigenvalue weighted by molar-refractivity contribution is -0.0439. The summed E-state index contributed by atoms with van der Waals surface area (Å²) in [6.45, 7) is 11.1. The van der Waals surface area contributed by atoms with E-state index in [1.165, 1.54) is 30.3 Å². The molecule has 3 aliphatic carbocycles. The standard InChI is InChI=1S/C33H30FN3O5.C33H34FN3O4/c1-4-37(5-2)27-18-29-26(17-24(27)20-11-14-28(38)25(15-20)32(35)39)30(33(40)36-3)31(42-29)19-9-12-22(13-10-19)41-23-8-6-7-21(34)16-23;1-5-37(6-2)26-15-28-24(29(32(39)35-3)30(41-28)20-7-10-22(34)11-8-20)14-23(26)21-9-12-27(40-4)25(13-21)31(38)36-33-16-19(17-33)18-33/h6-18,38H,4-5H2,1-3H3,(H2,35,39)(H,36,40);7-15,19H,5-6,16-18H2,1-4H3,(H,35,39)(H,36,38). The average molecular weight is 1120 g/mol. The minimum absolute atomic E-state index is 0.00180. The maximum absolute atomic E-state index is 13.7. The smallest absolute Gasteiger partial charge is 0.255 e. The Bertz CT molecular complexity index is 3940. The normalized spacial score (nSPS) is 14.8. The fourth-order valence-corrected chi connectivity index (χ4v) is 11.3. The predicted molar refractivity (Wildman–Crippen MR) is 319 cm³/mol. The van der Waals surface area contributed by atoms with Crippen molar-refractivity contribution in [3.05, 3.63) is 167 Å². The number of carbonyl (C=O) groups is 4. The first-order valence-corrected chi connectivity index (χ1v) is 27.6. The molecule has 7 aromatic carbocycles. The lowest BCUT2D eigenvalue weighted by Gasteiger charge is -2.61. The van der Waals surface area contributed by atoms with Crippen LogP contribution in [0.2, 0.25) is 0 Å². The second-order valence-corrected chi connectivity index (χ2v) is 20.7. The van der Waals surface area contributed by atoms with Crippen LogP contribution in [0.3, 0.4) is 0 Å². The monoisotopic (exact) mass is 1120 g/mol. The SMILES string of the molecule is CCN(CC)c1cc2oc(-c3ccc(F)cc3)c(C(=O)NC)c2cc1-c1ccc(OC)c(C(=O)NC23CC(C2)C3)c1.CCN(CC)c1cc2oc(-c3ccc(Oc4cccc(F)c4)cc3)c(C(=O)NC)c2cc1-c1ccc(O)c(C(N)=O)c1. The summed E-state index contributed by atoms with van der Waals surface area (Å²) in [6.07, 6.45) is 3.13. The molecule has 12 rings (SSSR count). The molecule has 3 fully saturated rings. The Morgan fingerprint density at radius 1 is 0.602 bits per heavy atom. The van der Waals surface area contributed by atoms with Crippen molar-refractivity contribution in [2.45, 2.75) is 52.5 Å². The number of phenols is 1. The summed E-state index contributed by atoms with van der Waals surface area (Å²) in [5.41, 5.74) is 13.7. The van der Waals surface area contributed by atoms with Crippen LogP contribution in [0, 0.1) is 17.6 Å². The van der Waals surface area contributed by atoms with Crippen LogP contribution >= 0.6 is 0 Å². The van der Waals surface area contributed by atoms with Gasteiger partial charge in [0.25, 0.3) is 23.6 Å². The van der Waals surface area contributed by atoms with Crippen LogP contribution in [0.4, 0.5) is 20.2 Å². The van der Waals surface area contributed by atoms with E-state index in [2.05, 4.69) is 39.6 Å². The molecule has 0 unspecified atom stereocenters. The quantitative estimate of drug-likeness (QED) is 0.0547. The van der Waals surface area contributed by atoms with Gasteiger partial charge < -0.3 is 54.9 Å². The topological polar surface area (TPSA) is 202 Å². The maximum atomic E-state index is 13.7. The zero-order valence-corrected chi connectivity index (χ0v) is 47.2. The second-order valence-electron chi connectivity index (χ2n) is 20.7. The van der Waals surface area contributed by atoms with E-state index in [-0.39, 0.29) is 40.4 Å². The summed E-state index contributed by atoms with van der Waals surface area (Å²) < 4.78 is 51.3. The summed E-state index contributed by atoms with van der Waals surface area (Å²) in [6, 6.07) is 36.7. The number of aromatic hydroxyl groups is 1. The molecule has 426 valence electrons. The van der Waals surface area contributed by atoms with Crippen molar-refractivity contribution < 1.29 is 51.4 Å². The summed E-state index contributed by atoms with van der Waals surface area (Å²) in [5, 5.41) is 20.1. The molecule has 2 bridgehead atoms. The van der Waals surface area contributed by atoms with Crippen molar-refractivity contribution in [2.75, 3.05) is 57.2 Å². The molecule has 2 heterocycles. The number of rotatable bonds is 18. The number of amides is 4. The van der Waals surface area contributed by atoms with Crippen molar-refractivity contribution in [3.63, 3.8) is 0 Å². The van der Waals surface area contributed by atoms with Crippen molar-refractivity contribution in [1.29, 1.82) is 0 Å². The number of hydrogen-bond acceptors (Lipinski definition) is 11. The number of furan rings is 2. The van der Waals surface area contributed by atoms with Gasteiger partial charge in [0.15, 0.2) is 0 Å². The third-order valence-corrected chi connectivity index (χ3v) is 15.7. The van der Waals surface area contributed by atoms with E-state index in [1.54, 1.807) is 81.9 Å². The molecule has 17 heteroatoms. The van der Waals surface area contributed by atoms with E-state index < -0.39 is 11.7 Å². The first kappa shape index (κ1) is 56.6. The fraction of sp³-hybridized carbons (Fsp3) is 0.242. The molecule has 3 aliphatic rings. The van der Waals surface area contributed by atoms with Gasteiger partial charge >= 0.3 is 0 Å². The number of primary amides is 1. The molecule has 2 aromatic heterocycles. The average Bonchev–Trinajstić information content (AvgIpc) is 1.29. The molecule has 0 radical (unpaired) electrons. The van der Waals surface area contributed by atoms with Crippen LogP contribution in [0.1, 0.15) is 88.4 Å². The Labute approximate surface area is 479 Å². The summed E-state index contributed by atoms with van der Waals surface area (Å²) in [5.74, 6) is 0.338. The van der Waals surface area contributed by atoms with E-state index in [0.717, 1.165) is 66.3 Å². The largest absolute Gasteiger partial charge is 0.507 e. The third-order valence-electron chi connectivity index (χ3n) is 15.7. The Kier molecular flexibility index (Phi) is 16.0. The van der Waals surface area contributed by atoms with E-state index in [0.29, 0.717) is 97.2 Å². The van der Waals surface area contributed by atoms with Gasteiger partial charge in [0.1, 0.15) is 57.3 Å². The third kappa shape index (κ3) is 11.0. The van der Waals surface area contributed by atoms with Gasteiger partial charge in [-0.05, 0) is 161 Å². The van der Waals surface area contributed by atoms with Gasteiger partial charge in [-0.2, -0.15) is 0 Å². The van der Waals surface area contributed by atoms with Gasteiger partial charge in [0, 0.05) is 108 Å². The number of nitrogens with one attached hydrogen (secondary N) is 3. The number of hydrogen-bond donors (Lipinski definition) is 5. The van der Waals surface area contributed by atoms with Crippen molar-refractivity contribution in [3.8, 4) is 67.9 Å². The summed E-state index contributed by atoms with van der Waals surface area (Å²) in [4.78, 5) is 56.2. The lowest BCUT2D eigenvalue weighted by atomic mass is 9.50. The molecule has 0 atom stereocenters. The number of nitrogens with zero attached hydrogens (tertiary/aromatic N) is 2. The molecule has 0 saturated heterocycles. The Balaban J connectivity index is 0.000000185.